The number of fused-ring (bicyclic) bond motifs is 3. The summed E-state index contributed by atoms with van der Waals surface area (Å²) in [6.45, 7) is 6.47. The molecule has 4 aliphatic carbocycles. The van der Waals surface area contributed by atoms with Gasteiger partial charge in [0.05, 0.1) is 13.2 Å². The van der Waals surface area contributed by atoms with E-state index in [-0.39, 0.29) is 30.0 Å². The van der Waals surface area contributed by atoms with E-state index in [0.717, 1.165) is 32.1 Å². The van der Waals surface area contributed by atoms with Gasteiger partial charge in [0, 0.05) is 17.8 Å². The van der Waals surface area contributed by atoms with Gasteiger partial charge in [-0.05, 0) is 61.2 Å². The topological polar surface area (TPSA) is 57.5 Å². The third-order valence-electron chi connectivity index (χ3n) is 8.29. The molecule has 0 aromatic carbocycles. The van der Waals surface area contributed by atoms with E-state index in [1.54, 1.807) is 0 Å². The second-order valence-electron chi connectivity index (χ2n) is 9.34. The summed E-state index contributed by atoms with van der Waals surface area (Å²) in [5.41, 5.74) is 0.845. The zero-order valence-corrected chi connectivity index (χ0v) is 14.3. The van der Waals surface area contributed by atoms with Gasteiger partial charge >= 0.3 is 0 Å². The number of aliphatic hydroxyl groups is 2. The monoisotopic (exact) mass is 318 g/mol. The Bertz CT molecular complexity index is 549. The quantitative estimate of drug-likeness (QED) is 0.769. The van der Waals surface area contributed by atoms with Crippen LogP contribution < -0.4 is 0 Å². The van der Waals surface area contributed by atoms with Gasteiger partial charge in [-0.25, -0.2) is 0 Å². The molecular weight excluding hydrogens is 288 g/mol. The summed E-state index contributed by atoms with van der Waals surface area (Å²) >= 11 is 0. The largest absolute Gasteiger partial charge is 0.396 e. The zero-order chi connectivity index (χ0) is 16.5. The van der Waals surface area contributed by atoms with Gasteiger partial charge in [0.2, 0.25) is 0 Å². The molecule has 2 N–H and O–H groups in total. The third-order valence-corrected chi connectivity index (χ3v) is 8.29. The molecule has 2 bridgehead atoms. The fourth-order valence-corrected chi connectivity index (χ4v) is 7.57. The molecule has 128 valence electrons. The minimum absolute atomic E-state index is 0.0609. The lowest BCUT2D eigenvalue weighted by Gasteiger charge is -2.63. The normalized spacial score (nSPS) is 48.0. The zero-order valence-electron chi connectivity index (χ0n) is 14.3. The molecule has 0 heterocycles. The van der Waals surface area contributed by atoms with Gasteiger partial charge in [0.15, 0.2) is 0 Å². The Morgan fingerprint density at radius 3 is 2.61 bits per heavy atom. The number of allylic oxidation sites excluding steroid dienone is 1. The van der Waals surface area contributed by atoms with Crippen molar-refractivity contribution in [2.45, 2.75) is 58.3 Å². The molecule has 1 spiro atoms. The summed E-state index contributed by atoms with van der Waals surface area (Å²) in [5, 5.41) is 20.1. The van der Waals surface area contributed by atoms with Crippen molar-refractivity contribution < 1.29 is 15.0 Å². The summed E-state index contributed by atoms with van der Waals surface area (Å²) < 4.78 is 0. The Morgan fingerprint density at radius 2 is 1.91 bits per heavy atom. The number of carbonyl (C=O) groups is 1. The highest BCUT2D eigenvalue weighted by Crippen LogP contribution is 2.71. The average Bonchev–Trinajstić information content (AvgIpc) is 2.75. The van der Waals surface area contributed by atoms with Crippen molar-refractivity contribution in [2.75, 3.05) is 13.2 Å². The molecule has 4 rings (SSSR count). The lowest BCUT2D eigenvalue weighted by Crippen LogP contribution is -2.62. The van der Waals surface area contributed by atoms with Crippen LogP contribution in [0, 0.1) is 34.0 Å². The van der Waals surface area contributed by atoms with Gasteiger partial charge in [-0.15, -0.1) is 0 Å². The first kappa shape index (κ1) is 15.8. The molecule has 4 saturated carbocycles. The van der Waals surface area contributed by atoms with Crippen LogP contribution in [0.25, 0.3) is 0 Å². The molecule has 3 heteroatoms. The van der Waals surface area contributed by atoms with Gasteiger partial charge in [-0.1, -0.05) is 25.5 Å². The average molecular weight is 318 g/mol. The van der Waals surface area contributed by atoms with Gasteiger partial charge in [-0.3, -0.25) is 4.79 Å². The molecule has 0 aliphatic heterocycles. The molecule has 0 amide bonds. The minimum Gasteiger partial charge on any atom is -0.396 e. The van der Waals surface area contributed by atoms with Crippen LogP contribution in [0.15, 0.2) is 12.2 Å². The first-order valence-corrected chi connectivity index (χ1v) is 9.33. The van der Waals surface area contributed by atoms with Crippen molar-refractivity contribution >= 4 is 5.78 Å². The summed E-state index contributed by atoms with van der Waals surface area (Å²) in [6, 6.07) is 0. The van der Waals surface area contributed by atoms with E-state index in [1.807, 2.05) is 0 Å². The van der Waals surface area contributed by atoms with Gasteiger partial charge in [0.1, 0.15) is 5.78 Å². The molecule has 0 saturated heterocycles. The third kappa shape index (κ3) is 1.87. The lowest BCUT2D eigenvalue weighted by molar-refractivity contribution is -0.184. The summed E-state index contributed by atoms with van der Waals surface area (Å²) in [7, 11) is 0. The van der Waals surface area contributed by atoms with E-state index in [2.05, 4.69) is 13.5 Å². The fourth-order valence-electron chi connectivity index (χ4n) is 7.57. The van der Waals surface area contributed by atoms with Crippen molar-refractivity contribution in [3.63, 3.8) is 0 Å². The predicted octanol–water partition coefficient (Wildman–Crippen LogP) is 3.10. The van der Waals surface area contributed by atoms with Crippen molar-refractivity contribution in [1.29, 1.82) is 0 Å². The van der Waals surface area contributed by atoms with E-state index in [9.17, 15) is 15.0 Å². The Kier molecular flexibility index (Phi) is 3.39. The molecule has 0 aromatic rings. The minimum atomic E-state index is -0.599. The molecule has 0 radical (unpaired) electrons. The maximum atomic E-state index is 13.3. The Hall–Kier alpha value is -0.670. The summed E-state index contributed by atoms with van der Waals surface area (Å²) in [5.74, 6) is 1.32. The first-order valence-electron chi connectivity index (χ1n) is 9.33. The molecule has 0 unspecified atom stereocenters. The Balaban J connectivity index is 1.80. The van der Waals surface area contributed by atoms with Crippen molar-refractivity contribution in [2.24, 2.45) is 34.0 Å². The lowest BCUT2D eigenvalue weighted by atomic mass is 9.40. The molecule has 4 aliphatic rings. The van der Waals surface area contributed by atoms with Crippen LogP contribution in [-0.4, -0.2) is 29.2 Å². The van der Waals surface area contributed by atoms with E-state index >= 15 is 0 Å². The standard InChI is InChI=1S/C20H30O3/c1-13-8-20-9-14(13)4-5-16(20)18(2)6-3-7-19(11-21,12-22)17(18)15(23)10-20/h14,16-17,21-22H,1,3-12H2,2H3/t14-,16+,17-,18-,20-/m1/s1. The predicted molar refractivity (Wildman–Crippen MR) is 88.7 cm³/mol. The highest BCUT2D eigenvalue weighted by atomic mass is 16.3. The van der Waals surface area contributed by atoms with Crippen LogP contribution in [0.4, 0.5) is 0 Å². The number of aliphatic hydroxyl groups excluding tert-OH is 2. The smallest absolute Gasteiger partial charge is 0.137 e. The maximum absolute atomic E-state index is 13.3. The number of Topliss-reactive ketones (excluding diaryl/α,β-unsaturated/α-hetero) is 1. The van der Waals surface area contributed by atoms with E-state index < -0.39 is 5.41 Å². The number of carbonyl (C=O) groups excluding carboxylic acids is 1. The van der Waals surface area contributed by atoms with E-state index in [1.165, 1.54) is 18.4 Å². The van der Waals surface area contributed by atoms with Gasteiger partial charge < -0.3 is 10.2 Å². The highest BCUT2D eigenvalue weighted by Gasteiger charge is 2.67. The molecule has 3 nitrogen and oxygen atoms in total. The van der Waals surface area contributed by atoms with Crippen LogP contribution in [0.2, 0.25) is 0 Å². The fraction of sp³-hybridized carbons (Fsp3) is 0.850. The summed E-state index contributed by atoms with van der Waals surface area (Å²) in [6.07, 6.45) is 8.09. The molecular formula is C20H30O3. The van der Waals surface area contributed by atoms with Crippen LogP contribution in [-0.2, 0) is 4.79 Å². The van der Waals surface area contributed by atoms with Gasteiger partial charge in [0.25, 0.3) is 0 Å². The molecule has 4 fully saturated rings. The second kappa shape index (κ2) is 4.92. The Morgan fingerprint density at radius 1 is 1.17 bits per heavy atom. The number of rotatable bonds is 2. The Labute approximate surface area is 139 Å². The second-order valence-corrected chi connectivity index (χ2v) is 9.34. The number of hydrogen-bond donors (Lipinski definition) is 2. The van der Waals surface area contributed by atoms with E-state index in [0.29, 0.717) is 24.0 Å². The SMILES string of the molecule is C=C1C[C@@]23CC(=O)[C@H]4C(CO)(CO)CCC[C@]4(C)[C@@H]2CC[C@@H]1C3. The molecule has 0 aromatic heterocycles. The number of ketones is 1. The van der Waals surface area contributed by atoms with E-state index in [4.69, 9.17) is 0 Å². The van der Waals surface area contributed by atoms with Crippen LogP contribution >= 0.6 is 0 Å². The van der Waals surface area contributed by atoms with Crippen molar-refractivity contribution in [1.82, 2.24) is 0 Å². The molecule has 23 heavy (non-hydrogen) atoms. The van der Waals surface area contributed by atoms with Crippen molar-refractivity contribution in [3.05, 3.63) is 12.2 Å². The van der Waals surface area contributed by atoms with Crippen LogP contribution in [0.5, 0.6) is 0 Å². The maximum Gasteiger partial charge on any atom is 0.137 e. The molecule has 5 atom stereocenters. The van der Waals surface area contributed by atoms with Crippen LogP contribution in [0.1, 0.15) is 58.3 Å². The summed E-state index contributed by atoms with van der Waals surface area (Å²) in [4.78, 5) is 13.3. The van der Waals surface area contributed by atoms with Crippen LogP contribution in [0.3, 0.4) is 0 Å². The van der Waals surface area contributed by atoms with Gasteiger partial charge in [-0.2, -0.15) is 0 Å². The highest BCUT2D eigenvalue weighted by molar-refractivity contribution is 5.85. The first-order chi connectivity index (χ1) is 10.9. The van der Waals surface area contributed by atoms with Crippen molar-refractivity contribution in [3.8, 4) is 0 Å². The number of hydrogen-bond acceptors (Lipinski definition) is 3.